The molecule has 0 aliphatic heterocycles. The average Bonchev–Trinajstić information content (AvgIpc) is 3.10. The monoisotopic (exact) mass is 328 g/mol. The lowest BCUT2D eigenvalue weighted by Crippen LogP contribution is -2.26. The predicted octanol–water partition coefficient (Wildman–Crippen LogP) is 1.08. The molecular weight excluding hydrogens is 308 g/mol. The fourth-order valence-corrected chi connectivity index (χ4v) is 4.25. The van der Waals surface area contributed by atoms with Gasteiger partial charge in [0.05, 0.1) is 6.33 Å². The summed E-state index contributed by atoms with van der Waals surface area (Å²) in [6.45, 7) is 4.76. The van der Waals surface area contributed by atoms with Crippen LogP contribution in [0.2, 0.25) is 0 Å². The summed E-state index contributed by atoms with van der Waals surface area (Å²) in [5.41, 5.74) is 0. The fourth-order valence-electron chi connectivity index (χ4n) is 1.82. The van der Waals surface area contributed by atoms with Crippen molar-refractivity contribution in [1.29, 1.82) is 0 Å². The van der Waals surface area contributed by atoms with Crippen molar-refractivity contribution in [3.05, 3.63) is 35.7 Å². The van der Waals surface area contributed by atoms with Crippen LogP contribution in [0.4, 0.5) is 0 Å². The first kappa shape index (κ1) is 16.2. The van der Waals surface area contributed by atoms with Gasteiger partial charge >= 0.3 is 0 Å². The fraction of sp³-hybridized carbons (Fsp3) is 0.462. The topological polar surface area (TPSA) is 76.0 Å². The highest BCUT2D eigenvalue weighted by molar-refractivity contribution is 7.91. The smallest absolute Gasteiger partial charge is 0.250 e. The molecule has 0 fully saturated rings. The number of rotatable bonds is 9. The summed E-state index contributed by atoms with van der Waals surface area (Å²) in [4.78, 5) is 4.99. The van der Waals surface area contributed by atoms with Gasteiger partial charge in [0.15, 0.2) is 0 Å². The van der Waals surface area contributed by atoms with Gasteiger partial charge in [0.1, 0.15) is 4.21 Å². The first-order valence-corrected chi connectivity index (χ1v) is 9.16. The van der Waals surface area contributed by atoms with E-state index in [-0.39, 0.29) is 0 Å². The zero-order valence-corrected chi connectivity index (χ0v) is 13.6. The zero-order chi connectivity index (χ0) is 15.1. The summed E-state index contributed by atoms with van der Waals surface area (Å²) < 4.78 is 29.1. The highest BCUT2D eigenvalue weighted by Gasteiger charge is 2.16. The third-order valence-corrected chi connectivity index (χ3v) is 6.02. The van der Waals surface area contributed by atoms with E-state index in [1.165, 1.54) is 11.3 Å². The van der Waals surface area contributed by atoms with Gasteiger partial charge in [-0.25, -0.2) is 18.1 Å². The third-order valence-electron chi connectivity index (χ3n) is 2.92. The van der Waals surface area contributed by atoms with Crippen molar-refractivity contribution >= 4 is 21.4 Å². The minimum atomic E-state index is -3.41. The van der Waals surface area contributed by atoms with Crippen molar-refractivity contribution in [2.45, 2.75) is 24.1 Å². The molecule has 0 spiro atoms. The van der Waals surface area contributed by atoms with Crippen LogP contribution in [0.25, 0.3) is 0 Å². The van der Waals surface area contributed by atoms with Gasteiger partial charge < -0.3 is 9.88 Å². The van der Waals surface area contributed by atoms with Crippen molar-refractivity contribution in [2.75, 3.05) is 19.6 Å². The van der Waals surface area contributed by atoms with E-state index in [0.717, 1.165) is 24.4 Å². The summed E-state index contributed by atoms with van der Waals surface area (Å²) in [6.07, 6.45) is 5.99. The molecule has 6 nitrogen and oxygen atoms in total. The molecule has 2 aromatic rings. The van der Waals surface area contributed by atoms with Crippen molar-refractivity contribution in [3.8, 4) is 0 Å². The molecule has 0 aliphatic carbocycles. The molecule has 0 amide bonds. The maximum Gasteiger partial charge on any atom is 0.250 e. The normalized spacial score (nSPS) is 11.9. The number of sulfonamides is 1. The number of nitrogens with zero attached hydrogens (tertiary/aromatic N) is 2. The van der Waals surface area contributed by atoms with Gasteiger partial charge in [0, 0.05) is 30.4 Å². The minimum Gasteiger partial charge on any atom is -0.336 e. The van der Waals surface area contributed by atoms with Gasteiger partial charge in [-0.15, -0.1) is 11.3 Å². The Bertz CT molecular complexity index is 635. The highest BCUT2D eigenvalue weighted by atomic mass is 32.2. The van der Waals surface area contributed by atoms with Crippen LogP contribution in [-0.4, -0.2) is 37.6 Å². The van der Waals surface area contributed by atoms with Crippen LogP contribution in [0.1, 0.15) is 11.8 Å². The predicted molar refractivity (Wildman–Crippen MR) is 84.0 cm³/mol. The van der Waals surface area contributed by atoms with Gasteiger partial charge in [0.2, 0.25) is 10.0 Å². The summed E-state index contributed by atoms with van der Waals surface area (Å²) in [6, 6.07) is 3.55. The maximum atomic E-state index is 12.2. The van der Waals surface area contributed by atoms with Crippen LogP contribution < -0.4 is 10.0 Å². The van der Waals surface area contributed by atoms with E-state index in [1.807, 2.05) is 10.6 Å². The molecule has 0 saturated heterocycles. The van der Waals surface area contributed by atoms with Crippen LogP contribution >= 0.6 is 11.3 Å². The molecule has 0 aliphatic rings. The molecule has 0 aromatic carbocycles. The third kappa shape index (κ3) is 4.92. The Hall–Kier alpha value is -1.22. The van der Waals surface area contributed by atoms with E-state index < -0.39 is 10.0 Å². The molecule has 2 aromatic heterocycles. The number of imidazole rings is 1. The molecule has 2 rings (SSSR count). The molecule has 0 unspecified atom stereocenters. The van der Waals surface area contributed by atoms with Gasteiger partial charge in [-0.1, -0.05) is 6.92 Å². The second-order valence-electron chi connectivity index (χ2n) is 4.52. The van der Waals surface area contributed by atoms with Gasteiger partial charge in [0.25, 0.3) is 0 Å². The first-order chi connectivity index (χ1) is 10.1. The quantitative estimate of drug-likeness (QED) is 0.675. The van der Waals surface area contributed by atoms with E-state index in [4.69, 9.17) is 0 Å². The number of aromatic nitrogens is 2. The summed E-state index contributed by atoms with van der Waals surface area (Å²) in [5, 5.41) is 3.23. The minimum absolute atomic E-state index is 0.351. The summed E-state index contributed by atoms with van der Waals surface area (Å²) in [5.74, 6) is 0. The van der Waals surface area contributed by atoms with Crippen molar-refractivity contribution in [2.24, 2.45) is 0 Å². The van der Waals surface area contributed by atoms with Crippen molar-refractivity contribution < 1.29 is 8.42 Å². The molecule has 8 heteroatoms. The van der Waals surface area contributed by atoms with Crippen LogP contribution in [-0.2, 0) is 23.0 Å². The molecule has 0 bridgehead atoms. The van der Waals surface area contributed by atoms with Crippen LogP contribution in [0.5, 0.6) is 0 Å². The Balaban J connectivity index is 1.86. The molecular formula is C13H20N4O2S2. The lowest BCUT2D eigenvalue weighted by atomic mass is 10.3. The highest BCUT2D eigenvalue weighted by Crippen LogP contribution is 2.21. The lowest BCUT2D eigenvalue weighted by Gasteiger charge is -2.05. The van der Waals surface area contributed by atoms with Gasteiger partial charge in [-0.05, 0) is 31.6 Å². The van der Waals surface area contributed by atoms with Crippen LogP contribution in [0.3, 0.4) is 0 Å². The maximum absolute atomic E-state index is 12.2. The number of hydrogen-bond acceptors (Lipinski definition) is 5. The second-order valence-corrected chi connectivity index (χ2v) is 7.68. The molecule has 0 radical (unpaired) electrons. The molecule has 116 valence electrons. The largest absolute Gasteiger partial charge is 0.336 e. The molecule has 0 atom stereocenters. The van der Waals surface area contributed by atoms with Gasteiger partial charge in [-0.3, -0.25) is 0 Å². The van der Waals surface area contributed by atoms with E-state index in [2.05, 4.69) is 21.9 Å². The first-order valence-electron chi connectivity index (χ1n) is 6.86. The lowest BCUT2D eigenvalue weighted by molar-refractivity contribution is 0.575. The van der Waals surface area contributed by atoms with E-state index in [0.29, 0.717) is 17.3 Å². The van der Waals surface area contributed by atoms with Crippen LogP contribution in [0, 0.1) is 0 Å². The van der Waals surface area contributed by atoms with Crippen molar-refractivity contribution in [1.82, 2.24) is 19.6 Å². The molecule has 2 heterocycles. The molecule has 21 heavy (non-hydrogen) atoms. The Kier molecular flexibility index (Phi) is 5.92. The van der Waals surface area contributed by atoms with E-state index >= 15 is 0 Å². The summed E-state index contributed by atoms with van der Waals surface area (Å²) in [7, 11) is -3.41. The van der Waals surface area contributed by atoms with Crippen molar-refractivity contribution in [3.63, 3.8) is 0 Å². The number of hydrogen-bond donors (Lipinski definition) is 2. The van der Waals surface area contributed by atoms with E-state index in [9.17, 15) is 8.42 Å². The Morgan fingerprint density at radius 3 is 2.90 bits per heavy atom. The number of thiophene rings is 1. The number of likely N-dealkylation sites (N-methyl/N-ethyl adjacent to an activating group) is 1. The van der Waals surface area contributed by atoms with E-state index in [1.54, 1.807) is 24.8 Å². The summed E-state index contributed by atoms with van der Waals surface area (Å²) >= 11 is 1.33. The Labute approximate surface area is 129 Å². The Morgan fingerprint density at radius 2 is 2.19 bits per heavy atom. The number of nitrogens with one attached hydrogen (secondary N) is 2. The zero-order valence-electron chi connectivity index (χ0n) is 11.9. The Morgan fingerprint density at radius 1 is 1.33 bits per heavy atom. The van der Waals surface area contributed by atoms with Gasteiger partial charge in [-0.2, -0.15) is 0 Å². The SMILES string of the molecule is CCNCCc1ccc(S(=O)(=O)NCCn2ccnc2)s1. The average molecular weight is 328 g/mol. The van der Waals surface area contributed by atoms with Crippen LogP contribution in [0.15, 0.2) is 35.1 Å². The second kappa shape index (κ2) is 7.69. The molecule has 2 N–H and O–H groups in total. The molecule has 0 saturated carbocycles. The standard InChI is InChI=1S/C13H20N4O2S2/c1-2-14-6-5-12-3-4-13(20-12)21(18,19)16-8-10-17-9-7-15-11-17/h3-4,7,9,11,14,16H,2,5-6,8,10H2,1H3.